The van der Waals surface area contributed by atoms with E-state index in [1.165, 1.54) is 0 Å². The van der Waals surface area contributed by atoms with E-state index in [0.717, 1.165) is 16.9 Å². The molecule has 29 heavy (non-hydrogen) atoms. The number of benzene rings is 2. The summed E-state index contributed by atoms with van der Waals surface area (Å²) in [5.41, 5.74) is 1.56. The fourth-order valence-electron chi connectivity index (χ4n) is 3.00. The zero-order valence-corrected chi connectivity index (χ0v) is 17.7. The zero-order chi connectivity index (χ0) is 21.3. The molecule has 1 N–H and O–H groups in total. The number of carbonyl (C=O) groups is 2. The van der Waals surface area contributed by atoms with Gasteiger partial charge >= 0.3 is 6.09 Å². The van der Waals surface area contributed by atoms with Gasteiger partial charge in [-0.05, 0) is 56.9 Å². The van der Waals surface area contributed by atoms with Crippen LogP contribution in [0.3, 0.4) is 0 Å². The molecule has 0 heterocycles. The molecular weight excluding hydrogens is 366 g/mol. The average molecular weight is 398 g/mol. The highest BCUT2D eigenvalue weighted by Crippen LogP contribution is 2.15. The lowest BCUT2D eigenvalue weighted by Crippen LogP contribution is -2.41. The SMILES string of the molecule is COc1ccc(CCC(=O)C[C@H](Cc2ccccc2)NC(=O)OC(C)(C)C)cc1. The summed E-state index contributed by atoms with van der Waals surface area (Å²) in [7, 11) is 1.63. The third kappa shape index (κ3) is 8.81. The molecule has 0 fully saturated rings. The summed E-state index contributed by atoms with van der Waals surface area (Å²) in [5.74, 6) is 0.905. The predicted octanol–water partition coefficient (Wildman–Crippen LogP) is 4.72. The number of aryl methyl sites for hydroxylation is 1. The van der Waals surface area contributed by atoms with Crippen LogP contribution >= 0.6 is 0 Å². The van der Waals surface area contributed by atoms with E-state index < -0.39 is 11.7 Å². The average Bonchev–Trinajstić information content (AvgIpc) is 2.66. The number of rotatable bonds is 9. The highest BCUT2D eigenvalue weighted by atomic mass is 16.6. The zero-order valence-electron chi connectivity index (χ0n) is 17.7. The molecule has 2 rings (SSSR count). The molecular formula is C24H31NO4. The molecule has 0 aliphatic carbocycles. The maximum Gasteiger partial charge on any atom is 0.407 e. The van der Waals surface area contributed by atoms with Crippen LogP contribution in [0.25, 0.3) is 0 Å². The summed E-state index contributed by atoms with van der Waals surface area (Å²) in [6, 6.07) is 17.2. The number of methoxy groups -OCH3 is 1. The van der Waals surface area contributed by atoms with E-state index in [1.54, 1.807) is 7.11 Å². The molecule has 0 saturated carbocycles. The number of ether oxygens (including phenoxy) is 2. The second kappa shape index (κ2) is 10.6. The van der Waals surface area contributed by atoms with Crippen LogP contribution in [0.5, 0.6) is 5.75 Å². The number of carbonyl (C=O) groups excluding carboxylic acids is 2. The molecule has 5 heteroatoms. The first kappa shape index (κ1) is 22.5. The Kier molecular flexibility index (Phi) is 8.25. The molecule has 0 saturated heterocycles. The summed E-state index contributed by atoms with van der Waals surface area (Å²) >= 11 is 0. The van der Waals surface area contributed by atoms with Gasteiger partial charge in [-0.2, -0.15) is 0 Å². The van der Waals surface area contributed by atoms with Crippen molar-refractivity contribution in [1.82, 2.24) is 5.32 Å². The van der Waals surface area contributed by atoms with Crippen molar-refractivity contribution in [3.8, 4) is 5.75 Å². The van der Waals surface area contributed by atoms with Gasteiger partial charge in [0.15, 0.2) is 0 Å². The summed E-state index contributed by atoms with van der Waals surface area (Å²) in [6.07, 6.45) is 1.43. The monoisotopic (exact) mass is 397 g/mol. The first-order valence-electron chi connectivity index (χ1n) is 9.93. The van der Waals surface area contributed by atoms with Crippen LogP contribution in [0.4, 0.5) is 4.79 Å². The first-order valence-corrected chi connectivity index (χ1v) is 9.93. The highest BCUT2D eigenvalue weighted by Gasteiger charge is 2.21. The first-order chi connectivity index (χ1) is 13.7. The van der Waals surface area contributed by atoms with E-state index in [2.05, 4.69) is 5.32 Å². The van der Waals surface area contributed by atoms with Crippen LogP contribution in [0.15, 0.2) is 54.6 Å². The number of amides is 1. The summed E-state index contributed by atoms with van der Waals surface area (Å²) < 4.78 is 10.5. The number of hydrogen-bond acceptors (Lipinski definition) is 4. The van der Waals surface area contributed by atoms with Gasteiger partial charge in [-0.1, -0.05) is 42.5 Å². The van der Waals surface area contributed by atoms with Crippen molar-refractivity contribution in [3.63, 3.8) is 0 Å². The lowest BCUT2D eigenvalue weighted by atomic mass is 9.98. The van der Waals surface area contributed by atoms with Crippen molar-refractivity contribution in [3.05, 3.63) is 65.7 Å². The Morgan fingerprint density at radius 1 is 0.966 bits per heavy atom. The van der Waals surface area contributed by atoms with Gasteiger partial charge in [-0.15, -0.1) is 0 Å². The molecule has 1 amide bonds. The molecule has 0 spiro atoms. The summed E-state index contributed by atoms with van der Waals surface area (Å²) in [4.78, 5) is 24.8. The van der Waals surface area contributed by atoms with Crippen LogP contribution < -0.4 is 10.1 Å². The van der Waals surface area contributed by atoms with E-state index >= 15 is 0 Å². The summed E-state index contributed by atoms with van der Waals surface area (Å²) in [5, 5.41) is 2.87. The standard InChI is InChI=1S/C24H31NO4/c1-24(2,3)29-23(27)25-20(16-19-8-6-5-7-9-19)17-21(26)13-10-18-11-14-22(28-4)15-12-18/h5-9,11-12,14-15,20H,10,13,16-17H2,1-4H3,(H,25,27)/t20-/m0/s1. The number of Topliss-reactive ketones (excluding diaryl/α,β-unsaturated/α-hetero) is 1. The smallest absolute Gasteiger partial charge is 0.407 e. The molecule has 0 aliphatic heterocycles. The fourth-order valence-corrected chi connectivity index (χ4v) is 3.00. The lowest BCUT2D eigenvalue weighted by Gasteiger charge is -2.23. The Morgan fingerprint density at radius 2 is 1.62 bits per heavy atom. The van der Waals surface area contributed by atoms with Crippen molar-refractivity contribution in [2.24, 2.45) is 0 Å². The molecule has 0 aromatic heterocycles. The molecule has 0 bridgehead atoms. The van der Waals surface area contributed by atoms with Crippen molar-refractivity contribution in [1.29, 1.82) is 0 Å². The normalized spacial score (nSPS) is 12.1. The molecule has 0 unspecified atom stereocenters. The largest absolute Gasteiger partial charge is 0.497 e. The van der Waals surface area contributed by atoms with Gasteiger partial charge in [0.05, 0.1) is 7.11 Å². The summed E-state index contributed by atoms with van der Waals surface area (Å²) in [6.45, 7) is 5.45. The van der Waals surface area contributed by atoms with Gasteiger partial charge in [-0.25, -0.2) is 4.79 Å². The Morgan fingerprint density at radius 3 is 2.21 bits per heavy atom. The molecule has 2 aromatic rings. The van der Waals surface area contributed by atoms with E-state index in [0.29, 0.717) is 19.3 Å². The van der Waals surface area contributed by atoms with Crippen LogP contribution in [0.2, 0.25) is 0 Å². The van der Waals surface area contributed by atoms with Gasteiger partial charge in [0.25, 0.3) is 0 Å². The van der Waals surface area contributed by atoms with Gasteiger partial charge in [-0.3, -0.25) is 4.79 Å². The van der Waals surface area contributed by atoms with Crippen molar-refractivity contribution < 1.29 is 19.1 Å². The maximum atomic E-state index is 12.6. The van der Waals surface area contributed by atoms with Crippen LogP contribution in [0.1, 0.15) is 44.7 Å². The number of alkyl carbamates (subject to hydrolysis) is 1. The van der Waals surface area contributed by atoms with Crippen molar-refractivity contribution in [2.45, 2.75) is 58.1 Å². The van der Waals surface area contributed by atoms with Crippen LogP contribution in [-0.2, 0) is 22.4 Å². The van der Waals surface area contributed by atoms with Crippen molar-refractivity contribution in [2.75, 3.05) is 7.11 Å². The Labute approximate surface area is 173 Å². The molecule has 0 radical (unpaired) electrons. The lowest BCUT2D eigenvalue weighted by molar-refractivity contribution is -0.119. The third-order valence-corrected chi connectivity index (χ3v) is 4.37. The third-order valence-electron chi connectivity index (χ3n) is 4.37. The van der Waals surface area contributed by atoms with Gasteiger partial charge in [0.2, 0.25) is 0 Å². The second-order valence-corrected chi connectivity index (χ2v) is 8.12. The van der Waals surface area contributed by atoms with Crippen LogP contribution in [-0.4, -0.2) is 30.6 Å². The maximum absolute atomic E-state index is 12.6. The molecule has 156 valence electrons. The number of ketones is 1. The highest BCUT2D eigenvalue weighted by molar-refractivity contribution is 5.80. The Balaban J connectivity index is 1.95. The van der Waals surface area contributed by atoms with Gasteiger partial charge < -0.3 is 14.8 Å². The van der Waals surface area contributed by atoms with Gasteiger partial charge in [0, 0.05) is 18.9 Å². The molecule has 0 aliphatic rings. The minimum absolute atomic E-state index is 0.109. The van der Waals surface area contributed by atoms with E-state index in [9.17, 15) is 9.59 Å². The van der Waals surface area contributed by atoms with E-state index in [4.69, 9.17) is 9.47 Å². The quantitative estimate of drug-likeness (QED) is 0.665. The molecule has 1 atom stereocenters. The minimum atomic E-state index is -0.584. The van der Waals surface area contributed by atoms with Crippen molar-refractivity contribution >= 4 is 11.9 Å². The number of hydrogen-bond donors (Lipinski definition) is 1. The minimum Gasteiger partial charge on any atom is -0.497 e. The van der Waals surface area contributed by atoms with Crippen LogP contribution in [0, 0.1) is 0 Å². The van der Waals surface area contributed by atoms with E-state index in [1.807, 2.05) is 75.4 Å². The van der Waals surface area contributed by atoms with Gasteiger partial charge in [0.1, 0.15) is 17.1 Å². The fraction of sp³-hybridized carbons (Fsp3) is 0.417. The van der Waals surface area contributed by atoms with E-state index in [-0.39, 0.29) is 18.2 Å². The molecule has 2 aromatic carbocycles. The second-order valence-electron chi connectivity index (χ2n) is 8.12. The predicted molar refractivity (Wildman–Crippen MR) is 114 cm³/mol. The Hall–Kier alpha value is -2.82. The Bertz CT molecular complexity index is 779. The molecule has 5 nitrogen and oxygen atoms in total. The number of nitrogens with one attached hydrogen (secondary N) is 1. The topological polar surface area (TPSA) is 64.6 Å².